The summed E-state index contributed by atoms with van der Waals surface area (Å²) in [6.45, 7) is 0.203. The lowest BCUT2D eigenvalue weighted by Crippen LogP contribution is -2.05. The van der Waals surface area contributed by atoms with Gasteiger partial charge in [0.1, 0.15) is 23.8 Å². The summed E-state index contributed by atoms with van der Waals surface area (Å²) in [5.74, 6) is -0.758. The molecule has 0 fully saturated rings. The fourth-order valence-electron chi connectivity index (χ4n) is 3.48. The van der Waals surface area contributed by atoms with E-state index >= 15 is 0 Å². The van der Waals surface area contributed by atoms with Gasteiger partial charge in [0.15, 0.2) is 11.5 Å². The normalized spacial score (nSPS) is 11.4. The molecule has 6 nitrogen and oxygen atoms in total. The first kappa shape index (κ1) is 24.3. The number of alkyl halides is 3. The summed E-state index contributed by atoms with van der Waals surface area (Å²) >= 11 is 5.87. The Labute approximate surface area is 203 Å². The molecule has 0 aliphatic carbocycles. The molecule has 1 heterocycles. The molecule has 0 amide bonds. The molecule has 0 bridgehead atoms. The van der Waals surface area contributed by atoms with E-state index < -0.39 is 11.9 Å². The number of methoxy groups -OCH3 is 2. The van der Waals surface area contributed by atoms with E-state index in [1.165, 1.54) is 50.6 Å². The highest BCUT2D eigenvalue weighted by Gasteiger charge is 2.41. The van der Waals surface area contributed by atoms with E-state index in [0.717, 1.165) is 5.56 Å². The highest BCUT2D eigenvalue weighted by molar-refractivity contribution is 6.30. The van der Waals surface area contributed by atoms with Crippen LogP contribution >= 0.6 is 11.6 Å². The van der Waals surface area contributed by atoms with E-state index in [1.54, 1.807) is 24.3 Å². The van der Waals surface area contributed by atoms with Crippen molar-refractivity contribution in [3.8, 4) is 45.4 Å². The van der Waals surface area contributed by atoms with Gasteiger partial charge in [-0.1, -0.05) is 35.0 Å². The molecule has 182 valence electrons. The van der Waals surface area contributed by atoms with E-state index in [0.29, 0.717) is 16.5 Å². The molecule has 0 saturated heterocycles. The largest absolute Gasteiger partial charge is 0.507 e. The summed E-state index contributed by atoms with van der Waals surface area (Å²) < 4.78 is 62.1. The minimum atomic E-state index is -4.83. The van der Waals surface area contributed by atoms with Crippen molar-refractivity contribution in [1.82, 2.24) is 5.16 Å². The number of phenolic OH excluding ortho intramolecular Hbond substituents is 1. The van der Waals surface area contributed by atoms with Gasteiger partial charge in [-0.05, 0) is 47.5 Å². The second-order valence-electron chi connectivity index (χ2n) is 7.40. The Morgan fingerprint density at radius 3 is 2.29 bits per heavy atom. The second-order valence-corrected chi connectivity index (χ2v) is 7.83. The van der Waals surface area contributed by atoms with Crippen LogP contribution in [0.4, 0.5) is 13.2 Å². The Kier molecular flexibility index (Phi) is 6.79. The summed E-state index contributed by atoms with van der Waals surface area (Å²) in [5, 5.41) is 14.9. The van der Waals surface area contributed by atoms with Crippen molar-refractivity contribution in [2.24, 2.45) is 0 Å². The number of rotatable bonds is 7. The van der Waals surface area contributed by atoms with Crippen LogP contribution in [0.15, 0.2) is 65.2 Å². The van der Waals surface area contributed by atoms with E-state index in [1.807, 2.05) is 0 Å². The molecule has 35 heavy (non-hydrogen) atoms. The topological polar surface area (TPSA) is 74.0 Å². The first-order chi connectivity index (χ1) is 16.7. The molecule has 0 aliphatic rings. The summed E-state index contributed by atoms with van der Waals surface area (Å²) in [6.07, 6.45) is -4.83. The van der Waals surface area contributed by atoms with Gasteiger partial charge in [-0.15, -0.1) is 0 Å². The van der Waals surface area contributed by atoms with Crippen molar-refractivity contribution in [1.29, 1.82) is 0 Å². The van der Waals surface area contributed by atoms with Gasteiger partial charge < -0.3 is 23.8 Å². The van der Waals surface area contributed by atoms with Crippen LogP contribution in [-0.2, 0) is 12.8 Å². The minimum Gasteiger partial charge on any atom is -0.507 e. The summed E-state index contributed by atoms with van der Waals surface area (Å²) in [5.41, 5.74) is 0.469. The molecule has 0 radical (unpaired) electrons. The lowest BCUT2D eigenvalue weighted by Gasteiger charge is -2.12. The molecule has 0 atom stereocenters. The van der Waals surface area contributed by atoms with Gasteiger partial charge >= 0.3 is 6.18 Å². The predicted molar refractivity (Wildman–Crippen MR) is 123 cm³/mol. The molecule has 1 N–H and O–H groups in total. The maximum absolute atomic E-state index is 13.8. The molecule has 1 aromatic heterocycles. The van der Waals surface area contributed by atoms with Crippen molar-refractivity contribution in [2.75, 3.05) is 14.2 Å². The first-order valence-electron chi connectivity index (χ1n) is 10.2. The van der Waals surface area contributed by atoms with Crippen LogP contribution in [0, 0.1) is 0 Å². The fourth-order valence-corrected chi connectivity index (χ4v) is 3.60. The van der Waals surface area contributed by atoms with E-state index in [9.17, 15) is 18.3 Å². The van der Waals surface area contributed by atoms with Gasteiger partial charge in [0, 0.05) is 16.7 Å². The summed E-state index contributed by atoms with van der Waals surface area (Å²) in [4.78, 5) is 0. The third kappa shape index (κ3) is 5.14. The van der Waals surface area contributed by atoms with Crippen LogP contribution in [0.25, 0.3) is 22.4 Å². The van der Waals surface area contributed by atoms with Gasteiger partial charge in [0.25, 0.3) is 0 Å². The number of aromatic hydroxyl groups is 1. The quantitative estimate of drug-likeness (QED) is 0.292. The van der Waals surface area contributed by atoms with Crippen LogP contribution in [0.3, 0.4) is 0 Å². The zero-order valence-corrected chi connectivity index (χ0v) is 19.3. The van der Waals surface area contributed by atoms with Gasteiger partial charge in [-0.25, -0.2) is 0 Å². The standard InChI is InChI=1S/C25H19ClF3NO5/c1-32-20-10-5-15(11-21(20)33-2)22-23(30-35-24(22)25(27,28)29)18-9-8-17(12-19(18)31)34-13-14-3-6-16(26)7-4-14/h3-12,31H,13H2,1-2H3. The van der Waals surface area contributed by atoms with Crippen LogP contribution < -0.4 is 14.2 Å². The van der Waals surface area contributed by atoms with Crippen molar-refractivity contribution >= 4 is 11.6 Å². The van der Waals surface area contributed by atoms with Crippen LogP contribution in [0.5, 0.6) is 23.0 Å². The van der Waals surface area contributed by atoms with Crippen molar-refractivity contribution in [3.05, 3.63) is 77.0 Å². The van der Waals surface area contributed by atoms with Gasteiger partial charge in [0.2, 0.25) is 5.76 Å². The number of nitrogens with zero attached hydrogens (tertiary/aromatic N) is 1. The fraction of sp³-hybridized carbons (Fsp3) is 0.160. The van der Waals surface area contributed by atoms with E-state index in [-0.39, 0.29) is 40.5 Å². The smallest absolute Gasteiger partial charge is 0.453 e. The third-order valence-electron chi connectivity index (χ3n) is 5.16. The second kappa shape index (κ2) is 9.79. The van der Waals surface area contributed by atoms with Gasteiger partial charge in [-0.3, -0.25) is 0 Å². The number of ether oxygens (including phenoxy) is 3. The highest BCUT2D eigenvalue weighted by atomic mass is 35.5. The molecule has 4 rings (SSSR count). The minimum absolute atomic E-state index is 0.0351. The highest BCUT2D eigenvalue weighted by Crippen LogP contribution is 2.46. The average molecular weight is 506 g/mol. The zero-order valence-electron chi connectivity index (χ0n) is 18.5. The molecule has 10 heteroatoms. The number of hydrogen-bond donors (Lipinski definition) is 1. The molecule has 0 aliphatic heterocycles. The lowest BCUT2D eigenvalue weighted by atomic mass is 9.98. The Bertz CT molecular complexity index is 1340. The monoisotopic (exact) mass is 505 g/mol. The molecule has 4 aromatic rings. The Balaban J connectivity index is 1.72. The van der Waals surface area contributed by atoms with Crippen molar-refractivity contribution in [3.63, 3.8) is 0 Å². The Morgan fingerprint density at radius 2 is 1.66 bits per heavy atom. The third-order valence-corrected chi connectivity index (χ3v) is 5.42. The van der Waals surface area contributed by atoms with E-state index in [2.05, 4.69) is 5.16 Å². The molecule has 3 aromatic carbocycles. The van der Waals surface area contributed by atoms with E-state index in [4.69, 9.17) is 30.3 Å². The average Bonchev–Trinajstić information content (AvgIpc) is 3.29. The Morgan fingerprint density at radius 1 is 0.943 bits per heavy atom. The molecule has 0 saturated carbocycles. The Hall–Kier alpha value is -3.85. The molecular formula is C25H19ClF3NO5. The number of hydrogen-bond acceptors (Lipinski definition) is 6. The maximum atomic E-state index is 13.8. The molecule has 0 unspecified atom stereocenters. The molecule has 0 spiro atoms. The van der Waals surface area contributed by atoms with Crippen LogP contribution in [0.1, 0.15) is 11.3 Å². The predicted octanol–water partition coefficient (Wildman–Crippen LogP) is 6.98. The first-order valence-corrected chi connectivity index (χ1v) is 10.6. The maximum Gasteiger partial charge on any atom is 0.453 e. The lowest BCUT2D eigenvalue weighted by molar-refractivity contribution is -0.154. The number of benzene rings is 3. The van der Waals surface area contributed by atoms with Gasteiger partial charge in [0.05, 0.1) is 19.8 Å². The number of phenols is 1. The van der Waals surface area contributed by atoms with Crippen molar-refractivity contribution < 1.29 is 37.0 Å². The SMILES string of the molecule is COc1ccc(-c2c(-c3ccc(OCc4ccc(Cl)cc4)cc3O)noc2C(F)(F)F)cc1OC. The number of halogens is 4. The van der Waals surface area contributed by atoms with Crippen molar-refractivity contribution in [2.45, 2.75) is 12.8 Å². The van der Waals surface area contributed by atoms with Gasteiger partial charge in [-0.2, -0.15) is 13.2 Å². The summed E-state index contributed by atoms with van der Waals surface area (Å²) in [6, 6.07) is 15.5. The molecular weight excluding hydrogens is 487 g/mol. The van der Waals surface area contributed by atoms with Crippen LogP contribution in [0.2, 0.25) is 5.02 Å². The summed E-state index contributed by atoms with van der Waals surface area (Å²) in [7, 11) is 2.79. The number of aromatic nitrogens is 1. The zero-order chi connectivity index (χ0) is 25.2. The van der Waals surface area contributed by atoms with Crippen LogP contribution in [-0.4, -0.2) is 24.5 Å².